The third-order valence-corrected chi connectivity index (χ3v) is 2.37. The topological polar surface area (TPSA) is 96.3 Å². The number of rotatable bonds is 6. The molecular formula is C11H18N4O3. The fourth-order valence-corrected chi connectivity index (χ4v) is 1.34. The van der Waals surface area contributed by atoms with Crippen LogP contribution in [0.2, 0.25) is 0 Å². The van der Waals surface area contributed by atoms with E-state index in [4.69, 9.17) is 5.11 Å². The van der Waals surface area contributed by atoms with Gasteiger partial charge < -0.3 is 10.4 Å². The van der Waals surface area contributed by atoms with E-state index in [0.29, 0.717) is 5.82 Å². The summed E-state index contributed by atoms with van der Waals surface area (Å²) >= 11 is 0. The lowest BCUT2D eigenvalue weighted by atomic mass is 10.3. The van der Waals surface area contributed by atoms with Gasteiger partial charge in [-0.25, -0.2) is 4.68 Å². The van der Waals surface area contributed by atoms with Crippen LogP contribution in [0.25, 0.3) is 0 Å². The van der Waals surface area contributed by atoms with E-state index in [1.165, 1.54) is 6.92 Å². The Hall–Kier alpha value is -1.89. The quantitative estimate of drug-likeness (QED) is 0.685. The number of carbonyl (C=O) groups excluding carboxylic acids is 1. The Morgan fingerprint density at radius 1 is 1.44 bits per heavy atom. The second kappa shape index (κ2) is 6.15. The van der Waals surface area contributed by atoms with Crippen LogP contribution in [0.15, 0.2) is 12.3 Å². The molecule has 0 spiro atoms. The van der Waals surface area contributed by atoms with Crippen LogP contribution in [0.1, 0.15) is 26.8 Å². The van der Waals surface area contributed by atoms with Gasteiger partial charge in [0.05, 0.1) is 12.7 Å². The Kier molecular flexibility index (Phi) is 4.85. The first-order valence-corrected chi connectivity index (χ1v) is 5.71. The number of anilines is 1. The van der Waals surface area contributed by atoms with Crippen molar-refractivity contribution >= 4 is 17.7 Å². The molecule has 0 unspecified atom stereocenters. The summed E-state index contributed by atoms with van der Waals surface area (Å²) in [4.78, 5) is 22.2. The normalized spacial score (nSPS) is 12.4. The minimum absolute atomic E-state index is 0.0588. The number of hydrogen-bond acceptors (Lipinski definition) is 4. The number of aliphatic carboxylic acids is 1. The van der Waals surface area contributed by atoms with Crippen molar-refractivity contribution in [3.05, 3.63) is 12.3 Å². The number of carboxylic acids is 1. The fraction of sp³-hybridized carbons (Fsp3) is 0.545. The van der Waals surface area contributed by atoms with Crippen molar-refractivity contribution < 1.29 is 14.7 Å². The third kappa shape index (κ3) is 3.85. The molecule has 18 heavy (non-hydrogen) atoms. The molecule has 0 aliphatic rings. The van der Waals surface area contributed by atoms with Crippen LogP contribution in [-0.4, -0.2) is 39.4 Å². The van der Waals surface area contributed by atoms with Crippen molar-refractivity contribution in [2.75, 3.05) is 11.9 Å². The molecule has 1 heterocycles. The summed E-state index contributed by atoms with van der Waals surface area (Å²) in [5, 5.41) is 18.0. The SMILES string of the molecule is CC(C)n1nccc1NC(=O)CN[C@@H](C)C(=O)O. The van der Waals surface area contributed by atoms with Gasteiger partial charge >= 0.3 is 5.97 Å². The maximum atomic E-state index is 11.6. The van der Waals surface area contributed by atoms with E-state index in [0.717, 1.165) is 0 Å². The van der Waals surface area contributed by atoms with Gasteiger partial charge in [0.25, 0.3) is 0 Å². The number of nitrogens with zero attached hydrogens (tertiary/aromatic N) is 2. The molecule has 1 aromatic heterocycles. The maximum absolute atomic E-state index is 11.6. The van der Waals surface area contributed by atoms with Crippen LogP contribution in [0.4, 0.5) is 5.82 Å². The molecule has 1 aromatic rings. The second-order valence-corrected chi connectivity index (χ2v) is 4.24. The zero-order valence-corrected chi connectivity index (χ0v) is 10.7. The molecule has 1 atom stereocenters. The molecule has 1 amide bonds. The van der Waals surface area contributed by atoms with Crippen molar-refractivity contribution in [1.29, 1.82) is 0 Å². The highest BCUT2D eigenvalue weighted by molar-refractivity contribution is 5.91. The molecule has 3 N–H and O–H groups in total. The van der Waals surface area contributed by atoms with E-state index in [9.17, 15) is 9.59 Å². The molecule has 7 heteroatoms. The van der Waals surface area contributed by atoms with Crippen molar-refractivity contribution in [1.82, 2.24) is 15.1 Å². The highest BCUT2D eigenvalue weighted by Crippen LogP contribution is 2.12. The van der Waals surface area contributed by atoms with Gasteiger partial charge in [-0.15, -0.1) is 0 Å². The summed E-state index contributed by atoms with van der Waals surface area (Å²) in [6, 6.07) is 1.07. The smallest absolute Gasteiger partial charge is 0.320 e. The minimum atomic E-state index is -0.991. The van der Waals surface area contributed by atoms with Gasteiger partial charge in [-0.3, -0.25) is 14.9 Å². The highest BCUT2D eigenvalue weighted by atomic mass is 16.4. The number of amides is 1. The number of hydrogen-bond donors (Lipinski definition) is 3. The fourth-order valence-electron chi connectivity index (χ4n) is 1.34. The van der Waals surface area contributed by atoms with Crippen LogP contribution in [0.5, 0.6) is 0 Å². The molecule has 0 aromatic carbocycles. The van der Waals surface area contributed by atoms with Gasteiger partial charge in [0.2, 0.25) is 5.91 Å². The summed E-state index contributed by atoms with van der Waals surface area (Å²) in [6.45, 7) is 5.32. The van der Waals surface area contributed by atoms with E-state index in [-0.39, 0.29) is 18.5 Å². The lowest BCUT2D eigenvalue weighted by Gasteiger charge is -2.13. The molecule has 0 fully saturated rings. The van der Waals surface area contributed by atoms with Crippen molar-refractivity contribution in [3.63, 3.8) is 0 Å². The van der Waals surface area contributed by atoms with Crippen LogP contribution in [-0.2, 0) is 9.59 Å². The summed E-state index contributed by atoms with van der Waals surface area (Å²) in [5.74, 6) is -0.694. The van der Waals surface area contributed by atoms with Gasteiger partial charge in [-0.05, 0) is 20.8 Å². The van der Waals surface area contributed by atoms with Crippen LogP contribution in [0.3, 0.4) is 0 Å². The van der Waals surface area contributed by atoms with E-state index in [1.54, 1.807) is 16.9 Å². The van der Waals surface area contributed by atoms with Crippen molar-refractivity contribution in [2.45, 2.75) is 32.9 Å². The van der Waals surface area contributed by atoms with E-state index >= 15 is 0 Å². The highest BCUT2D eigenvalue weighted by Gasteiger charge is 2.13. The van der Waals surface area contributed by atoms with Gasteiger partial charge in [-0.1, -0.05) is 0 Å². The van der Waals surface area contributed by atoms with Gasteiger partial charge in [-0.2, -0.15) is 5.10 Å². The van der Waals surface area contributed by atoms with Gasteiger partial charge in [0.15, 0.2) is 0 Å². The monoisotopic (exact) mass is 254 g/mol. The Balaban J connectivity index is 2.50. The molecule has 7 nitrogen and oxygen atoms in total. The largest absolute Gasteiger partial charge is 0.480 e. The van der Waals surface area contributed by atoms with Crippen LogP contribution in [0, 0.1) is 0 Å². The first-order chi connectivity index (χ1) is 8.41. The molecular weight excluding hydrogens is 236 g/mol. The first kappa shape index (κ1) is 14.2. The number of aromatic nitrogens is 2. The zero-order chi connectivity index (χ0) is 13.7. The van der Waals surface area contributed by atoms with E-state index in [2.05, 4.69) is 15.7 Å². The molecule has 0 aliphatic carbocycles. The lowest BCUT2D eigenvalue weighted by Crippen LogP contribution is -2.39. The number of carboxylic acid groups (broad SMARTS) is 1. The first-order valence-electron chi connectivity index (χ1n) is 5.71. The van der Waals surface area contributed by atoms with E-state index in [1.807, 2.05) is 13.8 Å². The Bertz CT molecular complexity index is 428. The Morgan fingerprint density at radius 2 is 2.11 bits per heavy atom. The molecule has 100 valence electrons. The Morgan fingerprint density at radius 3 is 2.67 bits per heavy atom. The van der Waals surface area contributed by atoms with Crippen LogP contribution >= 0.6 is 0 Å². The number of nitrogens with one attached hydrogen (secondary N) is 2. The minimum Gasteiger partial charge on any atom is -0.480 e. The van der Waals surface area contributed by atoms with Gasteiger partial charge in [0.1, 0.15) is 11.9 Å². The lowest BCUT2D eigenvalue weighted by molar-refractivity contribution is -0.139. The molecule has 0 saturated carbocycles. The predicted molar refractivity (Wildman–Crippen MR) is 66.3 cm³/mol. The van der Waals surface area contributed by atoms with Crippen molar-refractivity contribution in [2.24, 2.45) is 0 Å². The summed E-state index contributed by atoms with van der Waals surface area (Å²) < 4.78 is 1.68. The molecule has 0 saturated heterocycles. The van der Waals surface area contributed by atoms with Gasteiger partial charge in [0, 0.05) is 12.1 Å². The summed E-state index contributed by atoms with van der Waals surface area (Å²) in [5.41, 5.74) is 0. The summed E-state index contributed by atoms with van der Waals surface area (Å²) in [7, 11) is 0. The second-order valence-electron chi connectivity index (χ2n) is 4.24. The number of carbonyl (C=O) groups is 2. The molecule has 0 aliphatic heterocycles. The maximum Gasteiger partial charge on any atom is 0.320 e. The average Bonchev–Trinajstić information content (AvgIpc) is 2.73. The summed E-state index contributed by atoms with van der Waals surface area (Å²) in [6.07, 6.45) is 1.60. The Labute approximate surface area is 105 Å². The third-order valence-electron chi connectivity index (χ3n) is 2.37. The average molecular weight is 254 g/mol. The predicted octanol–water partition coefficient (Wildman–Crippen LogP) is 0.465. The zero-order valence-electron chi connectivity index (χ0n) is 10.7. The molecule has 0 bridgehead atoms. The van der Waals surface area contributed by atoms with Crippen molar-refractivity contribution in [3.8, 4) is 0 Å². The molecule has 0 radical (unpaired) electrons. The standard InChI is InChI=1S/C11H18N4O3/c1-7(2)15-9(4-5-13-15)14-10(16)6-12-8(3)11(17)18/h4-5,7-8,12H,6H2,1-3H3,(H,14,16)(H,17,18)/t8-/m0/s1. The van der Waals surface area contributed by atoms with E-state index < -0.39 is 12.0 Å². The van der Waals surface area contributed by atoms with Crippen LogP contribution < -0.4 is 10.6 Å². The molecule has 1 rings (SSSR count).